The number of thiazole rings is 1. The number of fused-ring (bicyclic) bond motifs is 7. The fourth-order valence-corrected chi connectivity index (χ4v) is 16.9. The molecule has 85 heavy (non-hydrogen) atoms. The first-order valence-corrected chi connectivity index (χ1v) is 30.1. The quantitative estimate of drug-likeness (QED) is 0.0378. The molecule has 3 aliphatic rings. The van der Waals surface area contributed by atoms with E-state index in [0.29, 0.717) is 50.8 Å². The Bertz CT molecular complexity index is 4480. The second-order valence-electron chi connectivity index (χ2n) is 19.0. The number of ether oxygens (including phenoxy) is 4. The molecule has 0 unspecified atom stereocenters. The topological polar surface area (TPSA) is 255 Å². The second kappa shape index (κ2) is 23.8. The van der Waals surface area contributed by atoms with Gasteiger partial charge in [0.15, 0.2) is 16.2 Å². The summed E-state index contributed by atoms with van der Waals surface area (Å²) < 4.78 is 27.9. The van der Waals surface area contributed by atoms with Crippen LogP contribution < -0.4 is 14.8 Å². The summed E-state index contributed by atoms with van der Waals surface area (Å²) in [4.78, 5) is 98.3. The van der Waals surface area contributed by atoms with Gasteiger partial charge in [0.1, 0.15) is 60.4 Å². The predicted octanol–water partition coefficient (Wildman–Crippen LogP) is 9.55. The highest BCUT2D eigenvalue weighted by molar-refractivity contribution is 8.19. The molecule has 17 nitrogen and oxygen atoms in total. The minimum atomic E-state index is -2.58. The van der Waals surface area contributed by atoms with Crippen LogP contribution in [0.1, 0.15) is 57.0 Å². The molecule has 0 spiro atoms. The zero-order valence-corrected chi connectivity index (χ0v) is 48.9. The van der Waals surface area contributed by atoms with Gasteiger partial charge in [-0.2, -0.15) is 21.0 Å². The van der Waals surface area contributed by atoms with Crippen LogP contribution in [0, 0.1) is 45.3 Å². The third-order valence-corrected chi connectivity index (χ3v) is 20.3. The van der Waals surface area contributed by atoms with Crippen LogP contribution in [-0.4, -0.2) is 50.8 Å². The normalized spacial score (nSPS) is 15.1. The average Bonchev–Trinajstić information content (AvgIpc) is 1.53. The van der Waals surface area contributed by atoms with Crippen molar-refractivity contribution in [1.29, 1.82) is 21.0 Å². The van der Waals surface area contributed by atoms with Crippen molar-refractivity contribution < 1.29 is 42.9 Å². The van der Waals surface area contributed by atoms with Crippen LogP contribution in [0.5, 0.6) is 0 Å². The summed E-state index contributed by atoms with van der Waals surface area (Å²) in [6, 6.07) is 42.5. The Morgan fingerprint density at radius 2 is 0.965 bits per heavy atom. The number of benzene rings is 4. The second-order valence-corrected chi connectivity index (χ2v) is 24.1. The Morgan fingerprint density at radius 3 is 1.39 bits per heavy atom. The van der Waals surface area contributed by atoms with E-state index in [9.17, 15) is 30.6 Å². The summed E-state index contributed by atoms with van der Waals surface area (Å²) in [5, 5.41) is 39.5. The van der Waals surface area contributed by atoms with Crippen LogP contribution in [0.15, 0.2) is 153 Å². The van der Waals surface area contributed by atoms with Crippen molar-refractivity contribution in [1.82, 2.24) is 9.47 Å². The number of rotatable bonds is 16. The minimum absolute atomic E-state index is 0.00772. The summed E-state index contributed by atoms with van der Waals surface area (Å²) in [6.07, 6.45) is 4.52. The molecule has 8 aromatic rings. The van der Waals surface area contributed by atoms with Crippen LogP contribution >= 0.6 is 57.1 Å². The molecule has 1 saturated heterocycles. The van der Waals surface area contributed by atoms with Gasteiger partial charge in [-0.05, 0) is 71.7 Å². The lowest BCUT2D eigenvalue weighted by Gasteiger charge is -2.28. The molecule has 0 bridgehead atoms. The van der Waals surface area contributed by atoms with E-state index in [1.54, 1.807) is 141 Å². The number of carbonyl (C=O) groups excluding carboxylic acids is 5. The Hall–Kier alpha value is -9.78. The molecule has 0 N–H and O–H groups in total. The molecule has 0 radical (unpaired) electrons. The fourth-order valence-electron chi connectivity index (χ4n) is 10.2. The number of thioether (sulfide) groups is 1. The molecule has 0 atom stereocenters. The van der Waals surface area contributed by atoms with Crippen LogP contribution in [0.25, 0.3) is 42.6 Å². The van der Waals surface area contributed by atoms with Gasteiger partial charge in [0.25, 0.3) is 11.5 Å². The fraction of sp³-hybridized carbons (Fsp3) is 0.159. The highest BCUT2D eigenvalue weighted by atomic mass is 32.2. The van der Waals surface area contributed by atoms with Crippen molar-refractivity contribution in [3.05, 3.63) is 206 Å². The van der Waals surface area contributed by atoms with E-state index in [1.165, 1.54) is 44.3 Å². The molecule has 4 aromatic heterocycles. The van der Waals surface area contributed by atoms with E-state index < -0.39 is 46.2 Å². The zero-order valence-electron chi connectivity index (χ0n) is 44.8. The lowest BCUT2D eigenvalue weighted by atomic mass is 9.77. The summed E-state index contributed by atoms with van der Waals surface area (Å²) in [7, 11) is 0. The monoisotopic (exact) mass is 1220 g/mol. The van der Waals surface area contributed by atoms with Crippen molar-refractivity contribution in [2.75, 3.05) is 6.54 Å². The standard InChI is InChI=1S/C63H41N7O10S5/c1-3-69-54(71)45(83-56(69)40(28-64)29-65)26-42-25-43-47(62(42,58(73)77-32-36-17-9-5-10-18-36)59(74)78-33-37-19-11-6-12-20-37)49-51(81-43)52-50(84-49)48-44(82-52)27-46(68-53-55(72)70(4-2)57(85-53)41(30-66)31-67)63(48,60(75)79-34-38-21-13-7-14-22-38)61(76)80-35-39-23-15-8-16-24-39/h5-27H,3-4,32-35H2,1-2H3/b45-26-,68-53-. The number of hydrogen-bond acceptors (Lipinski definition) is 20. The highest BCUT2D eigenvalue weighted by Crippen LogP contribution is 2.61. The summed E-state index contributed by atoms with van der Waals surface area (Å²) in [6.45, 7) is 2.26. The third-order valence-electron chi connectivity index (χ3n) is 14.2. The first kappa shape index (κ1) is 57.1. The van der Waals surface area contributed by atoms with E-state index >= 15 is 19.2 Å². The molecule has 1 amide bonds. The number of amides is 1. The van der Waals surface area contributed by atoms with E-state index in [-0.39, 0.29) is 92.3 Å². The van der Waals surface area contributed by atoms with E-state index in [2.05, 4.69) is 0 Å². The van der Waals surface area contributed by atoms with Gasteiger partial charge >= 0.3 is 23.9 Å². The SMILES string of the molecule is CCN1C(=O)/C(=N/C2=Cc3sc4c(sc5c6c(sc54)C=C(/C=c4\sc(=C(C#N)C#N)n(CC)c4=O)C6(C(=O)OCc4ccccc4)C(=O)OCc4ccccc4)c3C2(C(=O)OCc2ccccc2)C(=O)OCc2ccccc2)SC1=C(C#N)C#N. The number of hydrogen-bond donors (Lipinski definition) is 0. The molecule has 2 aliphatic carbocycles. The smallest absolute Gasteiger partial charge is 0.334 e. The largest absolute Gasteiger partial charge is 0.459 e. The van der Waals surface area contributed by atoms with Crippen molar-refractivity contribution in [2.45, 2.75) is 57.6 Å². The molecular weight excluding hydrogens is 1180 g/mol. The number of carbonyl (C=O) groups is 5. The predicted molar refractivity (Wildman–Crippen MR) is 323 cm³/mol. The van der Waals surface area contributed by atoms with Gasteiger partial charge < -0.3 is 18.9 Å². The van der Waals surface area contributed by atoms with Crippen molar-refractivity contribution in [3.8, 4) is 24.3 Å². The average molecular weight is 1220 g/mol. The molecule has 5 heterocycles. The summed E-state index contributed by atoms with van der Waals surface area (Å²) in [5.41, 5.74) is -4.00. The van der Waals surface area contributed by atoms with Gasteiger partial charge in [0.05, 0.1) is 29.0 Å². The van der Waals surface area contributed by atoms with Gasteiger partial charge in [-0.25, -0.2) is 4.99 Å². The zero-order chi connectivity index (χ0) is 59.6. The molecular formula is C63H41N7O10S5. The molecule has 4 aromatic carbocycles. The van der Waals surface area contributed by atoms with E-state index in [1.807, 2.05) is 24.3 Å². The van der Waals surface area contributed by atoms with Crippen LogP contribution in [0.3, 0.4) is 0 Å². The molecule has 11 rings (SSSR count). The third kappa shape index (κ3) is 9.85. The summed E-state index contributed by atoms with van der Waals surface area (Å²) in [5.74, 6) is -5.03. The van der Waals surface area contributed by atoms with Gasteiger partial charge in [0.2, 0.25) is 10.8 Å². The van der Waals surface area contributed by atoms with Gasteiger partial charge in [-0.3, -0.25) is 38.2 Å². The van der Waals surface area contributed by atoms with Crippen molar-refractivity contribution >= 4 is 135 Å². The molecule has 1 aliphatic heterocycles. The number of nitrogens with zero attached hydrogens (tertiary/aromatic N) is 7. The number of aromatic nitrogens is 1. The van der Waals surface area contributed by atoms with Crippen LogP contribution in [0.4, 0.5) is 0 Å². The number of esters is 4. The van der Waals surface area contributed by atoms with Crippen molar-refractivity contribution in [3.63, 3.8) is 0 Å². The molecule has 22 heteroatoms. The van der Waals surface area contributed by atoms with Crippen molar-refractivity contribution in [2.24, 2.45) is 4.99 Å². The molecule has 1 fully saturated rings. The van der Waals surface area contributed by atoms with Gasteiger partial charge in [-0.1, -0.05) is 121 Å². The maximum Gasteiger partial charge on any atom is 0.334 e. The number of thiophene rings is 3. The summed E-state index contributed by atoms with van der Waals surface area (Å²) >= 11 is 5.04. The Morgan fingerprint density at radius 1 is 0.541 bits per heavy atom. The number of nitriles is 4. The Labute approximate surface area is 504 Å². The van der Waals surface area contributed by atoms with Gasteiger partial charge in [0, 0.05) is 34.0 Å². The number of allylic oxidation sites excluding steroid dienone is 1. The lowest BCUT2D eigenvalue weighted by Crippen LogP contribution is -2.46. The Balaban J connectivity index is 1.17. The maximum atomic E-state index is 15.7. The lowest BCUT2D eigenvalue weighted by molar-refractivity contribution is -0.166. The highest BCUT2D eigenvalue weighted by Gasteiger charge is 2.62. The van der Waals surface area contributed by atoms with Gasteiger partial charge in [-0.15, -0.1) is 45.3 Å². The first-order chi connectivity index (χ1) is 41.3. The van der Waals surface area contributed by atoms with E-state index in [4.69, 9.17) is 23.9 Å². The van der Waals surface area contributed by atoms with Crippen LogP contribution in [-0.2, 0) is 86.7 Å². The van der Waals surface area contributed by atoms with E-state index in [0.717, 1.165) is 34.4 Å². The maximum absolute atomic E-state index is 15.7. The Kier molecular flexibility index (Phi) is 16.0. The minimum Gasteiger partial charge on any atom is -0.459 e. The van der Waals surface area contributed by atoms with Crippen LogP contribution in [0.2, 0.25) is 0 Å². The number of aliphatic imine (C=N–C) groups is 1. The molecule has 0 saturated carbocycles. The first-order valence-electron chi connectivity index (χ1n) is 26.1. The molecule has 418 valence electrons.